The van der Waals surface area contributed by atoms with Gasteiger partial charge in [0.2, 0.25) is 0 Å². The molecule has 0 spiro atoms. The molecule has 2 N–H and O–H groups in total. The number of aliphatic imine (C=N–C) groups is 1. The summed E-state index contributed by atoms with van der Waals surface area (Å²) in [4.78, 5) is 25.5. The maximum atomic E-state index is 12.7. The van der Waals surface area contributed by atoms with Gasteiger partial charge in [-0.25, -0.2) is 4.79 Å². The van der Waals surface area contributed by atoms with Crippen LogP contribution in [-0.4, -0.2) is 77.7 Å². The van der Waals surface area contributed by atoms with Crippen molar-refractivity contribution in [2.75, 3.05) is 33.2 Å². The third-order valence-electron chi connectivity index (χ3n) is 5.56. The van der Waals surface area contributed by atoms with Crippen LogP contribution in [0.25, 0.3) is 0 Å². The van der Waals surface area contributed by atoms with E-state index in [1.54, 1.807) is 24.3 Å². The number of pyridine rings is 1. The van der Waals surface area contributed by atoms with E-state index in [9.17, 15) is 4.79 Å². The number of rotatable bonds is 8. The van der Waals surface area contributed by atoms with Gasteiger partial charge < -0.3 is 20.3 Å². The highest BCUT2D eigenvalue weighted by molar-refractivity contribution is 5.80. The van der Waals surface area contributed by atoms with E-state index < -0.39 is 5.60 Å². The Labute approximate surface area is 193 Å². The van der Waals surface area contributed by atoms with E-state index in [4.69, 9.17) is 4.74 Å². The van der Waals surface area contributed by atoms with Crippen molar-refractivity contribution in [3.05, 3.63) is 30.1 Å². The maximum absolute atomic E-state index is 12.7. The van der Waals surface area contributed by atoms with Crippen molar-refractivity contribution in [1.82, 2.24) is 25.4 Å². The van der Waals surface area contributed by atoms with Crippen LogP contribution in [0.5, 0.6) is 0 Å². The highest BCUT2D eigenvalue weighted by Crippen LogP contribution is 2.18. The topological polar surface area (TPSA) is 82.1 Å². The van der Waals surface area contributed by atoms with Gasteiger partial charge in [-0.3, -0.25) is 14.9 Å². The van der Waals surface area contributed by atoms with E-state index >= 15 is 0 Å². The first kappa shape index (κ1) is 25.9. The number of nitrogens with one attached hydrogen (secondary N) is 2. The molecule has 2 heterocycles. The van der Waals surface area contributed by atoms with Gasteiger partial charge >= 0.3 is 6.09 Å². The molecule has 0 aromatic carbocycles. The molecule has 0 bridgehead atoms. The maximum Gasteiger partial charge on any atom is 0.410 e. The third-order valence-corrected chi connectivity index (χ3v) is 5.56. The van der Waals surface area contributed by atoms with Gasteiger partial charge in [0.05, 0.1) is 6.54 Å². The molecule has 0 radical (unpaired) electrons. The normalized spacial score (nSPS) is 19.8. The molecule has 0 saturated carbocycles. The summed E-state index contributed by atoms with van der Waals surface area (Å²) in [6, 6.07) is 4.78. The summed E-state index contributed by atoms with van der Waals surface area (Å²) < 4.78 is 5.61. The number of likely N-dealkylation sites (tertiary alicyclic amines) is 1. The molecule has 1 fully saturated rings. The summed E-state index contributed by atoms with van der Waals surface area (Å²) in [5.41, 5.74) is 0.449. The zero-order valence-corrected chi connectivity index (χ0v) is 20.9. The van der Waals surface area contributed by atoms with Crippen molar-refractivity contribution < 1.29 is 9.53 Å². The van der Waals surface area contributed by atoms with E-state index in [0.717, 1.165) is 31.0 Å². The SMILES string of the molecule is CN=C(NCCCN(Cc1cccnc1)C(=O)OC(C)(C)C)NC1CN(C(C)C)CC1C. The Morgan fingerprint density at radius 1 is 1.38 bits per heavy atom. The monoisotopic (exact) mass is 446 g/mol. The predicted octanol–water partition coefficient (Wildman–Crippen LogP) is 3.10. The molecule has 1 aliphatic heterocycles. The quantitative estimate of drug-likeness (QED) is 0.363. The minimum absolute atomic E-state index is 0.308. The summed E-state index contributed by atoms with van der Waals surface area (Å²) in [5, 5.41) is 6.96. The number of carbonyl (C=O) groups is 1. The number of aromatic nitrogens is 1. The number of amides is 1. The van der Waals surface area contributed by atoms with Crippen LogP contribution in [0.1, 0.15) is 53.5 Å². The highest BCUT2D eigenvalue weighted by atomic mass is 16.6. The zero-order chi connectivity index (χ0) is 23.7. The number of hydrogen-bond acceptors (Lipinski definition) is 5. The average Bonchev–Trinajstić information content (AvgIpc) is 3.09. The van der Waals surface area contributed by atoms with E-state index in [1.165, 1.54) is 0 Å². The van der Waals surface area contributed by atoms with E-state index in [2.05, 4.69) is 46.3 Å². The van der Waals surface area contributed by atoms with Gasteiger partial charge in [-0.15, -0.1) is 0 Å². The first-order chi connectivity index (χ1) is 15.1. The summed E-state index contributed by atoms with van der Waals surface area (Å²) in [6.45, 7) is 16.3. The Balaban J connectivity index is 1.85. The Bertz CT molecular complexity index is 732. The molecule has 2 unspecified atom stereocenters. The fourth-order valence-electron chi connectivity index (χ4n) is 3.73. The van der Waals surface area contributed by atoms with Crippen molar-refractivity contribution in [3.63, 3.8) is 0 Å². The molecule has 32 heavy (non-hydrogen) atoms. The van der Waals surface area contributed by atoms with Crippen molar-refractivity contribution >= 4 is 12.1 Å². The fourth-order valence-corrected chi connectivity index (χ4v) is 3.73. The minimum Gasteiger partial charge on any atom is -0.444 e. The van der Waals surface area contributed by atoms with Gasteiger partial charge in [0.25, 0.3) is 0 Å². The summed E-state index contributed by atoms with van der Waals surface area (Å²) >= 11 is 0. The first-order valence-electron chi connectivity index (χ1n) is 11.7. The lowest BCUT2D eigenvalue weighted by molar-refractivity contribution is 0.0232. The predicted molar refractivity (Wildman–Crippen MR) is 130 cm³/mol. The van der Waals surface area contributed by atoms with Crippen LogP contribution in [0.15, 0.2) is 29.5 Å². The number of carbonyl (C=O) groups excluding carboxylic acids is 1. The molecule has 1 saturated heterocycles. The van der Waals surface area contributed by atoms with Crippen molar-refractivity contribution in [1.29, 1.82) is 0 Å². The van der Waals surface area contributed by atoms with Crippen molar-refractivity contribution in [3.8, 4) is 0 Å². The summed E-state index contributed by atoms with van der Waals surface area (Å²) in [7, 11) is 1.80. The molecule has 0 aliphatic carbocycles. The van der Waals surface area contributed by atoms with Gasteiger partial charge in [-0.2, -0.15) is 0 Å². The first-order valence-corrected chi connectivity index (χ1v) is 11.7. The lowest BCUT2D eigenvalue weighted by Crippen LogP contribution is -2.47. The Hall–Kier alpha value is -2.35. The minimum atomic E-state index is -0.531. The third kappa shape index (κ3) is 8.65. The van der Waals surface area contributed by atoms with E-state index in [1.807, 2.05) is 32.9 Å². The number of nitrogens with zero attached hydrogens (tertiary/aromatic N) is 4. The Kier molecular flexibility index (Phi) is 9.75. The zero-order valence-electron chi connectivity index (χ0n) is 20.9. The standard InChI is InChI=1S/C24H42N6O2/c1-18(2)30-15-19(3)21(17-30)28-22(25-7)27-12-9-13-29(23(31)32-24(4,5)6)16-20-10-8-11-26-14-20/h8,10-11,14,18-19,21H,9,12-13,15-17H2,1-7H3,(H2,25,27,28). The van der Waals surface area contributed by atoms with Crippen LogP contribution in [-0.2, 0) is 11.3 Å². The fraction of sp³-hybridized carbons (Fsp3) is 0.708. The smallest absolute Gasteiger partial charge is 0.410 e. The Morgan fingerprint density at radius 3 is 2.69 bits per heavy atom. The molecule has 1 aliphatic rings. The van der Waals surface area contributed by atoms with E-state index in [-0.39, 0.29) is 6.09 Å². The summed E-state index contributed by atoms with van der Waals surface area (Å²) in [6.07, 6.45) is 3.98. The Morgan fingerprint density at radius 2 is 2.12 bits per heavy atom. The van der Waals surface area contributed by atoms with Crippen molar-refractivity contribution in [2.45, 2.75) is 72.2 Å². The van der Waals surface area contributed by atoms with Crippen LogP contribution in [0.3, 0.4) is 0 Å². The van der Waals surface area contributed by atoms with Gasteiger partial charge in [-0.1, -0.05) is 13.0 Å². The number of ether oxygens (including phenoxy) is 1. The molecule has 1 amide bonds. The lowest BCUT2D eigenvalue weighted by Gasteiger charge is -2.27. The van der Waals surface area contributed by atoms with Gasteiger partial charge in [0.15, 0.2) is 5.96 Å². The second-order valence-corrected chi connectivity index (χ2v) is 9.89. The van der Waals surface area contributed by atoms with Crippen LogP contribution in [0.4, 0.5) is 4.79 Å². The van der Waals surface area contributed by atoms with Gasteiger partial charge in [-0.05, 0) is 58.6 Å². The largest absolute Gasteiger partial charge is 0.444 e. The van der Waals surface area contributed by atoms with Crippen molar-refractivity contribution in [2.24, 2.45) is 10.9 Å². The van der Waals surface area contributed by atoms with Gasteiger partial charge in [0.1, 0.15) is 5.60 Å². The lowest BCUT2D eigenvalue weighted by atomic mass is 10.1. The van der Waals surface area contributed by atoms with Gasteiger partial charge in [0, 0.05) is 57.7 Å². The molecule has 8 nitrogen and oxygen atoms in total. The molecule has 2 rings (SSSR count). The van der Waals surface area contributed by atoms with E-state index in [0.29, 0.717) is 37.6 Å². The molecule has 1 aromatic rings. The molecule has 1 aromatic heterocycles. The van der Waals surface area contributed by atoms with Crippen LogP contribution in [0, 0.1) is 5.92 Å². The number of hydrogen-bond donors (Lipinski definition) is 2. The molecular formula is C24H42N6O2. The van der Waals surface area contributed by atoms with Crippen LogP contribution >= 0.6 is 0 Å². The van der Waals surface area contributed by atoms with Crippen LogP contribution in [0.2, 0.25) is 0 Å². The summed E-state index contributed by atoms with van der Waals surface area (Å²) in [5.74, 6) is 1.38. The van der Waals surface area contributed by atoms with Crippen LogP contribution < -0.4 is 10.6 Å². The second kappa shape index (κ2) is 12.0. The highest BCUT2D eigenvalue weighted by Gasteiger charge is 2.31. The molecular weight excluding hydrogens is 404 g/mol. The number of guanidine groups is 1. The molecule has 180 valence electrons. The molecule has 8 heteroatoms. The average molecular weight is 447 g/mol. The second-order valence-electron chi connectivity index (χ2n) is 9.89. The molecule has 2 atom stereocenters.